The smallest absolute Gasteiger partial charge is 0.352 e. The van der Waals surface area contributed by atoms with Crippen LogP contribution in [0.5, 0.6) is 5.75 Å². The number of nitrogens with zero attached hydrogens (tertiary/aromatic N) is 4. The predicted molar refractivity (Wildman–Crippen MR) is 121 cm³/mol. The average Bonchev–Trinajstić information content (AvgIpc) is 3.26. The Morgan fingerprint density at radius 3 is 2.71 bits per heavy atom. The van der Waals surface area contributed by atoms with Gasteiger partial charge in [-0.05, 0) is 24.3 Å². The molecule has 1 fully saturated rings. The zero-order valence-electron chi connectivity index (χ0n) is 17.2. The molecule has 2 aliphatic heterocycles. The lowest BCUT2D eigenvalue weighted by Gasteiger charge is -2.49. The van der Waals surface area contributed by atoms with Crippen LogP contribution in [0, 0.1) is 11.3 Å². The first kappa shape index (κ1) is 23.1. The number of aliphatic carboxylic acids is 1. The van der Waals surface area contributed by atoms with E-state index in [0.717, 1.165) is 16.2 Å². The number of nitrogens with two attached hydrogens (primary N) is 1. The first-order valence-electron chi connectivity index (χ1n) is 9.61. The zero-order valence-corrected chi connectivity index (χ0v) is 18.8. The van der Waals surface area contributed by atoms with Crippen LogP contribution in [0.4, 0.5) is 5.13 Å². The number of nitriles is 1. The maximum atomic E-state index is 12.8. The first-order valence-corrected chi connectivity index (χ1v) is 11.5. The number of nitrogen functional groups attached to an aromatic ring is 1. The van der Waals surface area contributed by atoms with Crippen LogP contribution >= 0.6 is 23.1 Å². The molecule has 4 rings (SSSR count). The summed E-state index contributed by atoms with van der Waals surface area (Å²) in [5.74, 6) is -2.06. The van der Waals surface area contributed by atoms with E-state index in [0.29, 0.717) is 16.9 Å². The molecule has 1 unspecified atom stereocenters. The van der Waals surface area contributed by atoms with Crippen molar-refractivity contribution >= 4 is 51.7 Å². The second-order valence-corrected chi connectivity index (χ2v) is 9.06. The number of carboxylic acid groups (broad SMARTS) is 1. The number of hydrogen-bond acceptors (Lipinski definition) is 11. The fourth-order valence-corrected chi connectivity index (χ4v) is 5.28. The second-order valence-electron chi connectivity index (χ2n) is 7.06. The Morgan fingerprint density at radius 2 is 2.12 bits per heavy atom. The lowest BCUT2D eigenvalue weighted by atomic mass is 10.0. The van der Waals surface area contributed by atoms with Crippen molar-refractivity contribution < 1.29 is 29.4 Å². The zero-order chi connectivity index (χ0) is 24.4. The van der Waals surface area contributed by atoms with E-state index in [4.69, 9.17) is 15.7 Å². The van der Waals surface area contributed by atoms with Gasteiger partial charge in [0.05, 0.1) is 11.6 Å². The van der Waals surface area contributed by atoms with Crippen LogP contribution < -0.4 is 15.8 Å². The number of oxime groups is 1. The Kier molecular flexibility index (Phi) is 6.39. The Morgan fingerprint density at radius 1 is 1.38 bits per heavy atom. The fourth-order valence-electron chi connectivity index (χ4n) is 3.41. The lowest BCUT2D eigenvalue weighted by Crippen LogP contribution is -2.71. The maximum absolute atomic E-state index is 12.8. The SMILES string of the molecule is N#Cc1ccc(OCC2=C(C(=O)O)N3C(=O)C(NC(=O)/C(=N\O)c4csc(N)n4)[C@H]3SC2)cc1. The third kappa shape index (κ3) is 4.26. The summed E-state index contributed by atoms with van der Waals surface area (Å²) in [6.45, 7) is -0.0688. The van der Waals surface area contributed by atoms with Crippen molar-refractivity contribution in [3.05, 3.63) is 52.2 Å². The van der Waals surface area contributed by atoms with Gasteiger partial charge in [0.2, 0.25) is 0 Å². The quantitative estimate of drug-likeness (QED) is 0.181. The molecule has 5 N–H and O–H groups in total. The molecule has 2 amide bonds. The summed E-state index contributed by atoms with van der Waals surface area (Å²) in [7, 11) is 0. The largest absolute Gasteiger partial charge is 0.489 e. The average molecular weight is 501 g/mol. The summed E-state index contributed by atoms with van der Waals surface area (Å²) in [4.78, 5) is 42.3. The summed E-state index contributed by atoms with van der Waals surface area (Å²) in [6.07, 6.45) is 0. The van der Waals surface area contributed by atoms with E-state index in [1.165, 1.54) is 17.1 Å². The minimum Gasteiger partial charge on any atom is -0.489 e. The van der Waals surface area contributed by atoms with E-state index >= 15 is 0 Å². The number of anilines is 1. The van der Waals surface area contributed by atoms with Gasteiger partial charge < -0.3 is 26.1 Å². The van der Waals surface area contributed by atoms with Crippen molar-refractivity contribution in [2.24, 2.45) is 5.16 Å². The molecule has 174 valence electrons. The summed E-state index contributed by atoms with van der Waals surface area (Å²) >= 11 is 2.32. The monoisotopic (exact) mass is 500 g/mol. The number of thiazole rings is 1. The van der Waals surface area contributed by atoms with E-state index in [9.17, 15) is 24.7 Å². The number of benzene rings is 1. The molecule has 14 heteroatoms. The number of rotatable bonds is 7. The molecule has 0 aliphatic carbocycles. The number of β-lactam (4-membered cyclic amide) rings is 1. The van der Waals surface area contributed by atoms with Crippen LogP contribution in [0.3, 0.4) is 0 Å². The topological polar surface area (TPSA) is 191 Å². The van der Waals surface area contributed by atoms with Crippen LogP contribution in [-0.2, 0) is 14.4 Å². The Balaban J connectivity index is 1.47. The lowest BCUT2D eigenvalue weighted by molar-refractivity contribution is -0.150. The molecular formula is C20H16N6O6S2. The normalized spacial score (nSPS) is 19.7. The first-order chi connectivity index (χ1) is 16.3. The van der Waals surface area contributed by atoms with Gasteiger partial charge in [-0.2, -0.15) is 5.26 Å². The minimum absolute atomic E-state index is 0.0517. The summed E-state index contributed by atoms with van der Waals surface area (Å²) in [5, 5.41) is 34.2. The van der Waals surface area contributed by atoms with Gasteiger partial charge in [-0.3, -0.25) is 14.5 Å². The fraction of sp³-hybridized carbons (Fsp3) is 0.200. The van der Waals surface area contributed by atoms with Crippen molar-refractivity contribution in [2.75, 3.05) is 18.1 Å². The third-order valence-electron chi connectivity index (χ3n) is 5.01. The van der Waals surface area contributed by atoms with Crippen LogP contribution in [0.2, 0.25) is 0 Å². The number of nitrogens with one attached hydrogen (secondary N) is 1. The van der Waals surface area contributed by atoms with Crippen molar-refractivity contribution in [1.82, 2.24) is 15.2 Å². The number of carbonyl (C=O) groups excluding carboxylic acids is 2. The molecule has 0 spiro atoms. The highest BCUT2D eigenvalue weighted by molar-refractivity contribution is 8.00. The number of ether oxygens (including phenoxy) is 1. The molecule has 2 aliphatic rings. The molecule has 1 saturated heterocycles. The highest BCUT2D eigenvalue weighted by Gasteiger charge is 2.54. The van der Waals surface area contributed by atoms with Crippen molar-refractivity contribution in [3.63, 3.8) is 0 Å². The van der Waals surface area contributed by atoms with Crippen molar-refractivity contribution in [2.45, 2.75) is 11.4 Å². The van der Waals surface area contributed by atoms with Gasteiger partial charge in [0, 0.05) is 16.7 Å². The number of hydrogen-bond donors (Lipinski definition) is 4. The molecular weight excluding hydrogens is 484 g/mol. The van der Waals surface area contributed by atoms with Crippen LogP contribution in [0.1, 0.15) is 11.3 Å². The van der Waals surface area contributed by atoms with Gasteiger partial charge in [-0.1, -0.05) is 5.16 Å². The van der Waals surface area contributed by atoms with Gasteiger partial charge in [-0.25, -0.2) is 9.78 Å². The summed E-state index contributed by atoms with van der Waals surface area (Å²) in [5.41, 5.74) is 5.84. The van der Waals surface area contributed by atoms with E-state index in [2.05, 4.69) is 15.5 Å². The molecule has 34 heavy (non-hydrogen) atoms. The highest BCUT2D eigenvalue weighted by Crippen LogP contribution is 2.40. The maximum Gasteiger partial charge on any atom is 0.352 e. The second kappa shape index (κ2) is 9.41. The molecule has 3 heterocycles. The van der Waals surface area contributed by atoms with Crippen LogP contribution in [0.25, 0.3) is 0 Å². The van der Waals surface area contributed by atoms with Gasteiger partial charge in [0.15, 0.2) is 10.8 Å². The standard InChI is InChI=1S/C20H16N6O6S2/c21-5-9-1-3-11(4-2-9)32-6-10-7-33-18-14(17(28)26(18)15(10)19(29)30)24-16(27)13(25-31)12-8-34-20(22)23-12/h1-4,8,14,18,31H,6-7H2,(H2,22,23)(H,24,27)(H,29,30)/b25-13-/t14?,18-/m1/s1. The Bertz CT molecular complexity index is 1270. The minimum atomic E-state index is -1.29. The van der Waals surface area contributed by atoms with Gasteiger partial charge >= 0.3 is 5.97 Å². The summed E-state index contributed by atoms with van der Waals surface area (Å²) < 4.78 is 5.65. The van der Waals surface area contributed by atoms with E-state index in [1.807, 2.05) is 6.07 Å². The Labute approximate surface area is 200 Å². The van der Waals surface area contributed by atoms with Gasteiger partial charge in [-0.15, -0.1) is 23.1 Å². The van der Waals surface area contributed by atoms with Crippen molar-refractivity contribution in [3.8, 4) is 11.8 Å². The number of fused-ring (bicyclic) bond motifs is 1. The number of carboxylic acids is 1. The molecule has 12 nitrogen and oxygen atoms in total. The molecule has 1 aromatic carbocycles. The summed E-state index contributed by atoms with van der Waals surface area (Å²) in [6, 6.07) is 7.31. The van der Waals surface area contributed by atoms with E-state index in [1.54, 1.807) is 24.3 Å². The van der Waals surface area contributed by atoms with E-state index < -0.39 is 34.9 Å². The number of carbonyl (C=O) groups is 3. The number of aromatic nitrogens is 1. The van der Waals surface area contributed by atoms with Crippen LogP contribution in [-0.4, -0.2) is 67.5 Å². The number of amides is 2. The third-order valence-corrected chi connectivity index (χ3v) is 7.03. The molecule has 0 radical (unpaired) electrons. The van der Waals surface area contributed by atoms with Gasteiger partial charge in [0.1, 0.15) is 35.2 Å². The highest BCUT2D eigenvalue weighted by atomic mass is 32.2. The molecule has 0 bridgehead atoms. The van der Waals surface area contributed by atoms with Gasteiger partial charge in [0.25, 0.3) is 11.8 Å². The predicted octanol–water partition coefficient (Wildman–Crippen LogP) is 0.593. The van der Waals surface area contributed by atoms with E-state index in [-0.39, 0.29) is 28.9 Å². The Hall–Kier alpha value is -4.09. The van der Waals surface area contributed by atoms with Crippen LogP contribution in [0.15, 0.2) is 46.1 Å². The molecule has 2 atom stereocenters. The molecule has 2 aromatic rings. The number of thioether (sulfide) groups is 1. The van der Waals surface area contributed by atoms with Crippen molar-refractivity contribution in [1.29, 1.82) is 5.26 Å². The molecule has 1 aromatic heterocycles. The molecule has 0 saturated carbocycles.